The molecule has 0 aliphatic heterocycles. The Bertz CT molecular complexity index is 1270. The molecule has 0 radical (unpaired) electrons. The van der Waals surface area contributed by atoms with Crippen molar-refractivity contribution in [2.75, 3.05) is 5.75 Å². The molecule has 4 aromatic rings. The van der Waals surface area contributed by atoms with E-state index in [1.807, 2.05) is 24.5 Å². The average molecular weight is 438 g/mol. The third kappa shape index (κ3) is 3.26. The second-order valence-corrected chi connectivity index (χ2v) is 9.57. The first-order valence-electron chi connectivity index (χ1n) is 9.89. The number of nitrogens with zero attached hydrogens (tertiary/aromatic N) is 3. The smallest absolute Gasteiger partial charge is 0.174 e. The molecule has 0 bridgehead atoms. The van der Waals surface area contributed by atoms with E-state index in [9.17, 15) is 9.18 Å². The van der Waals surface area contributed by atoms with Crippen LogP contribution in [-0.2, 0) is 12.8 Å². The van der Waals surface area contributed by atoms with Gasteiger partial charge < -0.3 is 4.57 Å². The molecule has 0 N–H and O–H groups in total. The third-order valence-corrected chi connectivity index (χ3v) is 7.81. The molecule has 4 nitrogen and oxygen atoms in total. The predicted molar refractivity (Wildman–Crippen MR) is 120 cm³/mol. The van der Waals surface area contributed by atoms with Crippen LogP contribution >= 0.6 is 23.1 Å². The SMILES string of the molecule is Cc1cc(C(=O)CSc2ncnc3sc4c(c23)CCC4)c(C)n1-c1ccc(F)cc1. The van der Waals surface area contributed by atoms with Crippen molar-refractivity contribution in [2.24, 2.45) is 0 Å². The first kappa shape index (κ1) is 19.5. The molecule has 0 unspecified atom stereocenters. The monoisotopic (exact) mass is 437 g/mol. The van der Waals surface area contributed by atoms with Crippen LogP contribution in [0, 0.1) is 19.7 Å². The van der Waals surface area contributed by atoms with E-state index in [1.165, 1.54) is 40.8 Å². The van der Waals surface area contributed by atoms with Crippen molar-refractivity contribution in [1.82, 2.24) is 14.5 Å². The Hall–Kier alpha value is -2.51. The van der Waals surface area contributed by atoms with E-state index in [2.05, 4.69) is 9.97 Å². The molecule has 5 rings (SSSR count). The molecule has 1 aliphatic rings. The van der Waals surface area contributed by atoms with Crippen LogP contribution in [-0.4, -0.2) is 26.1 Å². The fraction of sp³-hybridized carbons (Fsp3) is 0.261. The number of thiophene rings is 1. The van der Waals surface area contributed by atoms with Gasteiger partial charge in [0.2, 0.25) is 0 Å². The van der Waals surface area contributed by atoms with Gasteiger partial charge >= 0.3 is 0 Å². The van der Waals surface area contributed by atoms with Crippen molar-refractivity contribution < 1.29 is 9.18 Å². The molecular formula is C23H20FN3OS2. The van der Waals surface area contributed by atoms with Crippen LogP contribution in [0.15, 0.2) is 41.7 Å². The molecule has 1 aliphatic carbocycles. The molecule has 3 aromatic heterocycles. The molecule has 0 saturated heterocycles. The number of fused-ring (bicyclic) bond motifs is 3. The Labute approximate surface area is 182 Å². The Kier molecular flexibility index (Phi) is 4.95. The minimum Gasteiger partial charge on any atom is -0.318 e. The lowest BCUT2D eigenvalue weighted by Gasteiger charge is -2.10. The molecule has 0 fully saturated rings. The summed E-state index contributed by atoms with van der Waals surface area (Å²) in [5.41, 5.74) is 4.75. The molecule has 7 heteroatoms. The average Bonchev–Trinajstić information content (AvgIpc) is 3.40. The van der Waals surface area contributed by atoms with E-state index in [0.29, 0.717) is 11.3 Å². The molecular weight excluding hydrogens is 417 g/mol. The highest BCUT2D eigenvalue weighted by atomic mass is 32.2. The number of carbonyl (C=O) groups excluding carboxylic acids is 1. The topological polar surface area (TPSA) is 47.8 Å². The highest BCUT2D eigenvalue weighted by molar-refractivity contribution is 8.00. The zero-order valence-electron chi connectivity index (χ0n) is 16.7. The molecule has 1 aromatic carbocycles. The molecule has 3 heterocycles. The van der Waals surface area contributed by atoms with Gasteiger partial charge in [-0.2, -0.15) is 0 Å². The lowest BCUT2D eigenvalue weighted by molar-refractivity contribution is 0.102. The fourth-order valence-electron chi connectivity index (χ4n) is 4.25. The summed E-state index contributed by atoms with van der Waals surface area (Å²) in [4.78, 5) is 24.4. The Morgan fingerprint density at radius 2 is 2.00 bits per heavy atom. The Balaban J connectivity index is 1.41. The summed E-state index contributed by atoms with van der Waals surface area (Å²) in [6.45, 7) is 3.89. The molecule has 152 valence electrons. The lowest BCUT2D eigenvalue weighted by atomic mass is 10.2. The van der Waals surface area contributed by atoms with Crippen LogP contribution in [0.25, 0.3) is 15.9 Å². The maximum absolute atomic E-state index is 13.3. The van der Waals surface area contributed by atoms with Gasteiger partial charge in [0.25, 0.3) is 0 Å². The van der Waals surface area contributed by atoms with Gasteiger partial charge in [0.05, 0.1) is 5.75 Å². The van der Waals surface area contributed by atoms with E-state index in [0.717, 1.165) is 45.2 Å². The van der Waals surface area contributed by atoms with E-state index >= 15 is 0 Å². The standard InChI is InChI=1S/C23H20FN3OS2/c1-13-10-18(14(2)27(13)16-8-6-15(24)7-9-16)19(28)11-29-22-21-17-4-3-5-20(17)30-23(21)26-12-25-22/h6-10,12H,3-5,11H2,1-2H3. The molecule has 30 heavy (non-hydrogen) atoms. The van der Waals surface area contributed by atoms with Crippen LogP contribution in [0.3, 0.4) is 0 Å². The van der Waals surface area contributed by atoms with Gasteiger partial charge in [-0.05, 0) is 69.0 Å². The number of aryl methyl sites for hydroxylation is 3. The van der Waals surface area contributed by atoms with Crippen molar-refractivity contribution in [3.05, 3.63) is 69.9 Å². The largest absolute Gasteiger partial charge is 0.318 e. The number of rotatable bonds is 5. The highest BCUT2D eigenvalue weighted by Gasteiger charge is 2.22. The summed E-state index contributed by atoms with van der Waals surface area (Å²) in [7, 11) is 0. The first-order chi connectivity index (χ1) is 14.5. The van der Waals surface area contributed by atoms with Crippen molar-refractivity contribution in [3.63, 3.8) is 0 Å². The maximum atomic E-state index is 13.3. The van der Waals surface area contributed by atoms with Crippen LogP contribution < -0.4 is 0 Å². The summed E-state index contributed by atoms with van der Waals surface area (Å²) in [5, 5.41) is 2.05. The lowest BCUT2D eigenvalue weighted by Crippen LogP contribution is -2.06. The summed E-state index contributed by atoms with van der Waals surface area (Å²) in [6, 6.07) is 8.25. The van der Waals surface area contributed by atoms with Gasteiger partial charge in [-0.1, -0.05) is 11.8 Å². The van der Waals surface area contributed by atoms with Gasteiger partial charge in [-0.25, -0.2) is 14.4 Å². The van der Waals surface area contributed by atoms with Crippen LogP contribution in [0.5, 0.6) is 0 Å². The first-order valence-corrected chi connectivity index (χ1v) is 11.7. The normalized spacial score (nSPS) is 13.2. The number of hydrogen-bond acceptors (Lipinski definition) is 5. The van der Waals surface area contributed by atoms with Crippen molar-refractivity contribution >= 4 is 39.1 Å². The van der Waals surface area contributed by atoms with Gasteiger partial charge in [0.1, 0.15) is 22.0 Å². The highest BCUT2D eigenvalue weighted by Crippen LogP contribution is 2.40. The fourth-order valence-corrected chi connectivity index (χ4v) is 6.46. The number of ketones is 1. The second-order valence-electron chi connectivity index (χ2n) is 7.52. The summed E-state index contributed by atoms with van der Waals surface area (Å²) in [6.07, 6.45) is 4.98. The van der Waals surface area contributed by atoms with E-state index in [-0.39, 0.29) is 11.6 Å². The maximum Gasteiger partial charge on any atom is 0.174 e. The van der Waals surface area contributed by atoms with Gasteiger partial charge in [0, 0.05) is 32.9 Å². The van der Waals surface area contributed by atoms with Crippen LogP contribution in [0.1, 0.15) is 38.6 Å². The second kappa shape index (κ2) is 7.63. The number of benzene rings is 1. The van der Waals surface area contributed by atoms with E-state index < -0.39 is 0 Å². The number of halogens is 1. The number of thioether (sulfide) groups is 1. The van der Waals surface area contributed by atoms with Crippen molar-refractivity contribution in [2.45, 2.75) is 38.1 Å². The van der Waals surface area contributed by atoms with Crippen LogP contribution in [0.2, 0.25) is 0 Å². The Morgan fingerprint density at radius 3 is 2.80 bits per heavy atom. The van der Waals surface area contributed by atoms with Gasteiger partial charge in [0.15, 0.2) is 5.78 Å². The minimum atomic E-state index is -0.273. The number of hydrogen-bond donors (Lipinski definition) is 0. The summed E-state index contributed by atoms with van der Waals surface area (Å²) >= 11 is 3.25. The van der Waals surface area contributed by atoms with Crippen LogP contribution in [0.4, 0.5) is 4.39 Å². The third-order valence-electron chi connectivity index (χ3n) is 5.62. The quantitative estimate of drug-likeness (QED) is 0.228. The molecule has 0 amide bonds. The van der Waals surface area contributed by atoms with E-state index in [1.54, 1.807) is 29.8 Å². The molecule has 0 atom stereocenters. The van der Waals surface area contributed by atoms with Crippen molar-refractivity contribution in [3.8, 4) is 5.69 Å². The number of carbonyl (C=O) groups is 1. The van der Waals surface area contributed by atoms with E-state index in [4.69, 9.17) is 0 Å². The summed E-state index contributed by atoms with van der Waals surface area (Å²) in [5.74, 6) is 0.120. The summed E-state index contributed by atoms with van der Waals surface area (Å²) < 4.78 is 15.3. The predicted octanol–water partition coefficient (Wildman–Crippen LogP) is 5.70. The Morgan fingerprint density at radius 1 is 1.20 bits per heavy atom. The van der Waals surface area contributed by atoms with Gasteiger partial charge in [-0.3, -0.25) is 4.79 Å². The number of Topliss-reactive ketones (excluding diaryl/α,β-unsaturated/α-hetero) is 1. The zero-order valence-corrected chi connectivity index (χ0v) is 18.4. The van der Waals surface area contributed by atoms with Crippen molar-refractivity contribution in [1.29, 1.82) is 0 Å². The number of aromatic nitrogens is 3. The molecule has 0 saturated carbocycles. The minimum absolute atomic E-state index is 0.0695. The van der Waals surface area contributed by atoms with Gasteiger partial charge in [-0.15, -0.1) is 11.3 Å². The zero-order chi connectivity index (χ0) is 20.8. The molecule has 0 spiro atoms.